The van der Waals surface area contributed by atoms with Gasteiger partial charge in [-0.2, -0.15) is 5.26 Å². The number of ether oxygens (including phenoxy) is 1. The molecule has 2 aromatic carbocycles. The first-order chi connectivity index (χ1) is 11.5. The zero-order valence-electron chi connectivity index (χ0n) is 13.8. The third-order valence-electron chi connectivity index (χ3n) is 3.89. The molecule has 4 nitrogen and oxygen atoms in total. The lowest BCUT2D eigenvalue weighted by atomic mass is 10.0. The lowest BCUT2D eigenvalue weighted by Crippen LogP contribution is -2.11. The normalized spacial score (nSPS) is 10.6. The monoisotopic (exact) mass is 319 g/mol. The van der Waals surface area contributed by atoms with Crippen molar-refractivity contribution >= 4 is 11.0 Å². The Balaban J connectivity index is 2.35. The number of nitrogens with zero attached hydrogens (tertiary/aromatic N) is 1. The Kier molecular flexibility index (Phi) is 4.09. The molecule has 0 aliphatic rings. The van der Waals surface area contributed by atoms with Crippen LogP contribution in [0.25, 0.3) is 22.3 Å². The van der Waals surface area contributed by atoms with E-state index in [1.54, 1.807) is 0 Å². The summed E-state index contributed by atoms with van der Waals surface area (Å²) in [6.07, 6.45) is 0. The summed E-state index contributed by atoms with van der Waals surface area (Å²) >= 11 is 0. The second-order valence-corrected chi connectivity index (χ2v) is 5.86. The van der Waals surface area contributed by atoms with Gasteiger partial charge in [0, 0.05) is 5.56 Å². The van der Waals surface area contributed by atoms with Crippen LogP contribution in [0.15, 0.2) is 45.6 Å². The predicted molar refractivity (Wildman–Crippen MR) is 93.2 cm³/mol. The first-order valence-electron chi connectivity index (χ1n) is 7.66. The van der Waals surface area contributed by atoms with E-state index < -0.39 is 0 Å². The van der Waals surface area contributed by atoms with E-state index in [1.165, 1.54) is 0 Å². The summed E-state index contributed by atoms with van der Waals surface area (Å²) in [5, 5.41) is 9.30. The maximum absolute atomic E-state index is 12.9. The largest absolute Gasteiger partial charge is 0.471 e. The Morgan fingerprint density at radius 3 is 2.46 bits per heavy atom. The lowest BCUT2D eigenvalue weighted by molar-refractivity contribution is 0.356. The van der Waals surface area contributed by atoms with E-state index in [0.29, 0.717) is 16.7 Å². The van der Waals surface area contributed by atoms with Gasteiger partial charge in [0.25, 0.3) is 0 Å². The first kappa shape index (κ1) is 15.8. The summed E-state index contributed by atoms with van der Waals surface area (Å²) in [6.45, 7) is 5.60. The Bertz CT molecular complexity index is 1010. The topological polar surface area (TPSA) is 63.2 Å². The molecule has 0 saturated carbocycles. The molecule has 0 aliphatic carbocycles. The van der Waals surface area contributed by atoms with Crippen molar-refractivity contribution < 1.29 is 9.15 Å². The highest BCUT2D eigenvalue weighted by Gasteiger charge is 2.19. The second kappa shape index (κ2) is 6.21. The molecule has 24 heavy (non-hydrogen) atoms. The highest BCUT2D eigenvalue weighted by molar-refractivity contribution is 5.85. The highest BCUT2D eigenvalue weighted by atomic mass is 16.5. The molecule has 1 heterocycles. The Hall–Kier alpha value is -3.06. The number of rotatable bonds is 3. The van der Waals surface area contributed by atoms with E-state index in [2.05, 4.69) is 0 Å². The molecule has 0 radical (unpaired) electrons. The van der Waals surface area contributed by atoms with E-state index in [1.807, 2.05) is 63.2 Å². The van der Waals surface area contributed by atoms with Gasteiger partial charge in [0.2, 0.25) is 11.2 Å². The van der Waals surface area contributed by atoms with E-state index in [-0.39, 0.29) is 17.8 Å². The van der Waals surface area contributed by atoms with Crippen LogP contribution in [0.4, 0.5) is 0 Å². The fourth-order valence-electron chi connectivity index (χ4n) is 2.80. The van der Waals surface area contributed by atoms with Crippen molar-refractivity contribution in [2.45, 2.75) is 20.8 Å². The third kappa shape index (κ3) is 2.77. The highest BCUT2D eigenvalue weighted by Crippen LogP contribution is 2.32. The zero-order valence-corrected chi connectivity index (χ0v) is 13.8. The Morgan fingerprint density at radius 1 is 1.08 bits per heavy atom. The maximum atomic E-state index is 12.9. The van der Waals surface area contributed by atoms with Gasteiger partial charge in [-0.3, -0.25) is 4.79 Å². The van der Waals surface area contributed by atoms with Crippen molar-refractivity contribution in [3.63, 3.8) is 0 Å². The van der Waals surface area contributed by atoms with Crippen LogP contribution in [0.3, 0.4) is 0 Å². The van der Waals surface area contributed by atoms with Crippen LogP contribution in [-0.2, 0) is 0 Å². The number of aryl methyl sites for hydroxylation is 3. The molecule has 0 atom stereocenters. The van der Waals surface area contributed by atoms with Gasteiger partial charge in [-0.05, 0) is 38.0 Å². The maximum Gasteiger partial charge on any atom is 0.235 e. The van der Waals surface area contributed by atoms with E-state index in [0.717, 1.165) is 22.3 Å². The van der Waals surface area contributed by atoms with Crippen molar-refractivity contribution in [1.82, 2.24) is 0 Å². The molecule has 0 saturated heterocycles. The SMILES string of the molecule is Cc1ccc(-c2oc3cc(C)cc(C)c3c(=O)c2OCC#N)cc1. The summed E-state index contributed by atoms with van der Waals surface area (Å²) in [4.78, 5) is 12.9. The number of hydrogen-bond acceptors (Lipinski definition) is 4. The molecule has 120 valence electrons. The summed E-state index contributed by atoms with van der Waals surface area (Å²) < 4.78 is 11.5. The zero-order chi connectivity index (χ0) is 17.3. The van der Waals surface area contributed by atoms with Crippen molar-refractivity contribution in [2.24, 2.45) is 0 Å². The summed E-state index contributed by atoms with van der Waals surface area (Å²) in [5.74, 6) is 0.438. The van der Waals surface area contributed by atoms with Crippen LogP contribution in [0.1, 0.15) is 16.7 Å². The molecule has 0 bridgehead atoms. The number of fused-ring (bicyclic) bond motifs is 1. The average molecular weight is 319 g/mol. The van der Waals surface area contributed by atoms with Gasteiger partial charge in [-0.1, -0.05) is 35.9 Å². The Morgan fingerprint density at radius 2 is 1.79 bits per heavy atom. The van der Waals surface area contributed by atoms with Crippen molar-refractivity contribution in [2.75, 3.05) is 6.61 Å². The van der Waals surface area contributed by atoms with Crippen LogP contribution in [-0.4, -0.2) is 6.61 Å². The van der Waals surface area contributed by atoms with Crippen LogP contribution in [0, 0.1) is 32.1 Å². The minimum atomic E-state index is -0.250. The van der Waals surface area contributed by atoms with Crippen molar-refractivity contribution in [3.05, 3.63) is 63.3 Å². The number of nitriles is 1. The van der Waals surface area contributed by atoms with Gasteiger partial charge in [0.15, 0.2) is 12.4 Å². The molecule has 0 unspecified atom stereocenters. The van der Waals surface area contributed by atoms with Crippen molar-refractivity contribution in [1.29, 1.82) is 5.26 Å². The standard InChI is InChI=1S/C20H17NO3/c1-12-4-6-15(7-5-12)19-20(23-9-8-21)18(22)17-14(3)10-13(2)11-16(17)24-19/h4-7,10-11H,9H2,1-3H3. The molecule has 1 aromatic heterocycles. The van der Waals surface area contributed by atoms with E-state index in [4.69, 9.17) is 14.4 Å². The summed E-state index contributed by atoms with van der Waals surface area (Å²) in [7, 11) is 0. The molecule has 0 aliphatic heterocycles. The second-order valence-electron chi connectivity index (χ2n) is 5.86. The minimum Gasteiger partial charge on any atom is -0.471 e. The summed E-state index contributed by atoms with van der Waals surface area (Å²) in [6, 6.07) is 13.3. The first-order valence-corrected chi connectivity index (χ1v) is 7.66. The molecule has 3 rings (SSSR count). The fourth-order valence-corrected chi connectivity index (χ4v) is 2.80. The van der Waals surface area contributed by atoms with Crippen LogP contribution in [0.5, 0.6) is 5.75 Å². The van der Waals surface area contributed by atoms with Gasteiger partial charge in [-0.15, -0.1) is 0 Å². The molecular weight excluding hydrogens is 302 g/mol. The Labute approximate surface area is 139 Å². The van der Waals surface area contributed by atoms with Gasteiger partial charge in [0.05, 0.1) is 5.39 Å². The molecule has 0 N–H and O–H groups in total. The molecule has 0 spiro atoms. The van der Waals surface area contributed by atoms with Gasteiger partial charge in [0.1, 0.15) is 11.7 Å². The molecule has 4 heteroatoms. The number of benzene rings is 2. The van der Waals surface area contributed by atoms with Gasteiger partial charge < -0.3 is 9.15 Å². The van der Waals surface area contributed by atoms with Crippen LogP contribution >= 0.6 is 0 Å². The van der Waals surface area contributed by atoms with Gasteiger partial charge in [-0.25, -0.2) is 0 Å². The molecule has 0 amide bonds. The minimum absolute atomic E-state index is 0.0832. The van der Waals surface area contributed by atoms with E-state index >= 15 is 0 Å². The quantitative estimate of drug-likeness (QED) is 0.722. The van der Waals surface area contributed by atoms with Crippen molar-refractivity contribution in [3.8, 4) is 23.1 Å². The third-order valence-corrected chi connectivity index (χ3v) is 3.89. The lowest BCUT2D eigenvalue weighted by Gasteiger charge is -2.11. The molecular formula is C20H17NO3. The average Bonchev–Trinajstić information content (AvgIpc) is 2.53. The predicted octanol–water partition coefficient (Wildman–Crippen LogP) is 4.29. The molecule has 0 fully saturated rings. The van der Waals surface area contributed by atoms with Gasteiger partial charge >= 0.3 is 0 Å². The number of hydrogen-bond donors (Lipinski definition) is 0. The smallest absolute Gasteiger partial charge is 0.235 e. The fraction of sp³-hybridized carbons (Fsp3) is 0.200. The van der Waals surface area contributed by atoms with E-state index in [9.17, 15) is 4.79 Å². The van der Waals surface area contributed by atoms with Crippen LogP contribution in [0.2, 0.25) is 0 Å². The molecule has 3 aromatic rings. The summed E-state index contributed by atoms with van der Waals surface area (Å²) in [5.41, 5.74) is 3.97. The van der Waals surface area contributed by atoms with Crippen LogP contribution < -0.4 is 10.2 Å².